The van der Waals surface area contributed by atoms with Gasteiger partial charge in [0.2, 0.25) is 0 Å². The van der Waals surface area contributed by atoms with Gasteiger partial charge >= 0.3 is 0 Å². The molecule has 0 saturated heterocycles. The first-order chi connectivity index (χ1) is 13.3. The average Bonchev–Trinajstić information content (AvgIpc) is 2.71. The quantitative estimate of drug-likeness (QED) is 0.369. The smallest absolute Gasteiger partial charge is 0.0162 e. The molecule has 0 aliphatic heterocycles. The van der Waals surface area contributed by atoms with E-state index in [1.807, 2.05) is 0 Å². The van der Waals surface area contributed by atoms with Gasteiger partial charge in [0.15, 0.2) is 0 Å². The fraction of sp³-hybridized carbons (Fsp3) is 0.630. The Labute approximate surface area is 167 Å². The van der Waals surface area contributed by atoms with Crippen LogP contribution in [0.4, 0.5) is 0 Å². The van der Waals surface area contributed by atoms with Gasteiger partial charge in [0.25, 0.3) is 0 Å². The topological polar surface area (TPSA) is 0 Å². The third kappa shape index (κ3) is 6.09. The van der Waals surface area contributed by atoms with Crippen molar-refractivity contribution in [1.82, 2.24) is 0 Å². The van der Waals surface area contributed by atoms with E-state index in [1.54, 1.807) is 5.56 Å². The Bertz CT molecular complexity index is 675. The van der Waals surface area contributed by atoms with Gasteiger partial charge in [-0.2, -0.15) is 0 Å². The SMILES string of the molecule is CCCCCCc1ccc2cc(C3CCC(CCCCC)CC3)ccc2c1. The van der Waals surface area contributed by atoms with Crippen molar-refractivity contribution in [2.45, 2.75) is 103 Å². The maximum atomic E-state index is 2.48. The van der Waals surface area contributed by atoms with Crippen LogP contribution in [0.1, 0.15) is 108 Å². The Balaban J connectivity index is 1.55. The molecule has 1 fully saturated rings. The lowest BCUT2D eigenvalue weighted by molar-refractivity contribution is 0.303. The van der Waals surface area contributed by atoms with Gasteiger partial charge in [-0.15, -0.1) is 0 Å². The third-order valence-corrected chi connectivity index (χ3v) is 6.78. The zero-order valence-corrected chi connectivity index (χ0v) is 17.8. The molecule has 0 nitrogen and oxygen atoms in total. The summed E-state index contributed by atoms with van der Waals surface area (Å²) < 4.78 is 0. The minimum atomic E-state index is 0.797. The predicted octanol–water partition coefficient (Wildman–Crippen LogP) is 8.82. The maximum Gasteiger partial charge on any atom is -0.0162 e. The summed E-state index contributed by atoms with van der Waals surface area (Å²) in [4.78, 5) is 0. The Morgan fingerprint density at radius 2 is 1.41 bits per heavy atom. The number of hydrogen-bond acceptors (Lipinski definition) is 0. The van der Waals surface area contributed by atoms with Gasteiger partial charge in [-0.05, 0) is 72.3 Å². The maximum absolute atomic E-state index is 2.48. The van der Waals surface area contributed by atoms with Crippen LogP contribution in [0, 0.1) is 5.92 Å². The molecule has 0 bridgehead atoms. The van der Waals surface area contributed by atoms with Crippen molar-refractivity contribution in [3.8, 4) is 0 Å². The average molecular weight is 365 g/mol. The normalized spacial score (nSPS) is 20.2. The van der Waals surface area contributed by atoms with E-state index in [2.05, 4.69) is 50.2 Å². The molecule has 0 heterocycles. The van der Waals surface area contributed by atoms with Crippen LogP contribution < -0.4 is 0 Å². The fourth-order valence-electron chi connectivity index (χ4n) is 4.95. The second kappa shape index (κ2) is 10.9. The molecule has 0 spiro atoms. The molecule has 0 unspecified atom stereocenters. The van der Waals surface area contributed by atoms with Gasteiger partial charge in [-0.3, -0.25) is 0 Å². The second-order valence-corrected chi connectivity index (χ2v) is 8.97. The molecule has 1 aliphatic rings. The Morgan fingerprint density at radius 3 is 2.19 bits per heavy atom. The van der Waals surface area contributed by atoms with Gasteiger partial charge in [0, 0.05) is 0 Å². The van der Waals surface area contributed by atoms with Gasteiger partial charge < -0.3 is 0 Å². The Hall–Kier alpha value is -1.30. The molecule has 0 N–H and O–H groups in total. The second-order valence-electron chi connectivity index (χ2n) is 8.97. The molecular formula is C27H40. The van der Waals surface area contributed by atoms with E-state index < -0.39 is 0 Å². The number of aryl methyl sites for hydroxylation is 1. The highest BCUT2D eigenvalue weighted by molar-refractivity contribution is 5.84. The van der Waals surface area contributed by atoms with Crippen molar-refractivity contribution in [1.29, 1.82) is 0 Å². The minimum Gasteiger partial charge on any atom is -0.0654 e. The standard InChI is InChI=1S/C27H40/c1-3-5-7-9-11-23-14-17-27-21-26(19-18-25(27)20-23)24-15-12-22(13-16-24)10-8-6-4-2/h14,17-22,24H,3-13,15-16H2,1-2H3. The Kier molecular flexibility index (Phi) is 8.24. The molecule has 2 aromatic carbocycles. The van der Waals surface area contributed by atoms with Crippen LogP contribution in [0.15, 0.2) is 36.4 Å². The van der Waals surface area contributed by atoms with Crippen molar-refractivity contribution < 1.29 is 0 Å². The van der Waals surface area contributed by atoms with Crippen molar-refractivity contribution in [3.63, 3.8) is 0 Å². The molecule has 0 aromatic heterocycles. The third-order valence-electron chi connectivity index (χ3n) is 6.78. The highest BCUT2D eigenvalue weighted by Gasteiger charge is 2.22. The van der Waals surface area contributed by atoms with Crippen molar-refractivity contribution >= 4 is 10.8 Å². The number of rotatable bonds is 10. The van der Waals surface area contributed by atoms with E-state index in [1.165, 1.54) is 99.8 Å². The van der Waals surface area contributed by atoms with Crippen LogP contribution >= 0.6 is 0 Å². The van der Waals surface area contributed by atoms with Gasteiger partial charge in [0.1, 0.15) is 0 Å². The summed E-state index contributed by atoms with van der Waals surface area (Å²) >= 11 is 0. The molecule has 1 saturated carbocycles. The summed E-state index contributed by atoms with van der Waals surface area (Å²) in [6.07, 6.45) is 18.0. The number of unbranched alkanes of at least 4 members (excludes halogenated alkanes) is 5. The molecule has 0 atom stereocenters. The summed E-state index contributed by atoms with van der Waals surface area (Å²) in [6, 6.07) is 14.4. The molecule has 0 heteroatoms. The molecule has 27 heavy (non-hydrogen) atoms. The Morgan fingerprint density at radius 1 is 0.704 bits per heavy atom. The molecule has 3 rings (SSSR count). The van der Waals surface area contributed by atoms with E-state index in [0.29, 0.717) is 0 Å². The van der Waals surface area contributed by atoms with Gasteiger partial charge in [0.05, 0.1) is 0 Å². The highest BCUT2D eigenvalue weighted by Crippen LogP contribution is 2.38. The highest BCUT2D eigenvalue weighted by atomic mass is 14.3. The zero-order chi connectivity index (χ0) is 18.9. The molecule has 148 valence electrons. The number of benzene rings is 2. The monoisotopic (exact) mass is 364 g/mol. The molecule has 0 radical (unpaired) electrons. The van der Waals surface area contributed by atoms with Crippen LogP contribution in [-0.2, 0) is 6.42 Å². The lowest BCUT2D eigenvalue weighted by atomic mass is 9.77. The van der Waals surface area contributed by atoms with Crippen LogP contribution in [-0.4, -0.2) is 0 Å². The lowest BCUT2D eigenvalue weighted by Crippen LogP contribution is -2.13. The number of fused-ring (bicyclic) bond motifs is 1. The number of hydrogen-bond donors (Lipinski definition) is 0. The fourth-order valence-corrected chi connectivity index (χ4v) is 4.95. The summed E-state index contributed by atoms with van der Waals surface area (Å²) in [5.74, 6) is 1.80. The molecular weight excluding hydrogens is 324 g/mol. The zero-order valence-electron chi connectivity index (χ0n) is 17.8. The summed E-state index contributed by atoms with van der Waals surface area (Å²) in [5.41, 5.74) is 3.10. The van der Waals surface area contributed by atoms with Crippen molar-refractivity contribution in [2.75, 3.05) is 0 Å². The predicted molar refractivity (Wildman–Crippen MR) is 121 cm³/mol. The molecule has 0 amide bonds. The summed E-state index contributed by atoms with van der Waals surface area (Å²) in [7, 11) is 0. The van der Waals surface area contributed by atoms with Crippen molar-refractivity contribution in [2.24, 2.45) is 5.92 Å². The first kappa shape index (κ1) is 20.4. The lowest BCUT2D eigenvalue weighted by Gasteiger charge is -2.29. The van der Waals surface area contributed by atoms with Crippen LogP contribution in [0.25, 0.3) is 10.8 Å². The van der Waals surface area contributed by atoms with Gasteiger partial charge in [-0.1, -0.05) is 95.2 Å². The van der Waals surface area contributed by atoms with Gasteiger partial charge in [-0.25, -0.2) is 0 Å². The van der Waals surface area contributed by atoms with E-state index in [-0.39, 0.29) is 0 Å². The summed E-state index contributed by atoms with van der Waals surface area (Å²) in [5, 5.41) is 2.87. The first-order valence-electron chi connectivity index (χ1n) is 11.8. The van der Waals surface area contributed by atoms with Crippen LogP contribution in [0.5, 0.6) is 0 Å². The minimum absolute atomic E-state index is 0.797. The van der Waals surface area contributed by atoms with E-state index in [0.717, 1.165) is 11.8 Å². The molecule has 2 aromatic rings. The van der Waals surface area contributed by atoms with E-state index in [4.69, 9.17) is 0 Å². The molecule has 1 aliphatic carbocycles. The largest absolute Gasteiger partial charge is 0.0654 e. The van der Waals surface area contributed by atoms with E-state index >= 15 is 0 Å². The first-order valence-corrected chi connectivity index (χ1v) is 11.8. The summed E-state index contributed by atoms with van der Waals surface area (Å²) in [6.45, 7) is 4.60. The van der Waals surface area contributed by atoms with Crippen molar-refractivity contribution in [3.05, 3.63) is 47.5 Å². The van der Waals surface area contributed by atoms with Crippen LogP contribution in [0.2, 0.25) is 0 Å². The van der Waals surface area contributed by atoms with Crippen LogP contribution in [0.3, 0.4) is 0 Å². The van der Waals surface area contributed by atoms with E-state index in [9.17, 15) is 0 Å².